The van der Waals surface area contributed by atoms with Crippen LogP contribution in [0.15, 0.2) is 11.6 Å². The van der Waals surface area contributed by atoms with Gasteiger partial charge in [-0.1, -0.05) is 13.0 Å². The zero-order valence-electron chi connectivity index (χ0n) is 7.75. The molecule has 0 saturated heterocycles. The maximum Gasteiger partial charge on any atom is 0.145 e. The zero-order valence-corrected chi connectivity index (χ0v) is 7.75. The maximum absolute atomic E-state index is 10.2. The molecule has 0 saturated carbocycles. The summed E-state index contributed by atoms with van der Waals surface area (Å²) in [5, 5.41) is 0. The summed E-state index contributed by atoms with van der Waals surface area (Å²) >= 11 is 0. The van der Waals surface area contributed by atoms with E-state index in [9.17, 15) is 9.59 Å². The van der Waals surface area contributed by atoms with Crippen molar-refractivity contribution in [2.45, 2.75) is 33.1 Å². The van der Waals surface area contributed by atoms with E-state index < -0.39 is 0 Å². The smallest absolute Gasteiger partial charge is 0.145 e. The summed E-state index contributed by atoms with van der Waals surface area (Å²) in [5.74, 6) is 0.429. The third-order valence-electron chi connectivity index (χ3n) is 1.81. The molecule has 0 unspecified atom stereocenters. The molecule has 0 N–H and O–H groups in total. The van der Waals surface area contributed by atoms with Gasteiger partial charge in [0.1, 0.15) is 12.6 Å². The molecule has 0 radical (unpaired) electrons. The van der Waals surface area contributed by atoms with Crippen molar-refractivity contribution < 1.29 is 9.59 Å². The van der Waals surface area contributed by atoms with Crippen LogP contribution in [-0.4, -0.2) is 12.6 Å². The lowest BCUT2D eigenvalue weighted by Gasteiger charge is -2.03. The second-order valence-electron chi connectivity index (χ2n) is 3.15. The van der Waals surface area contributed by atoms with Gasteiger partial charge in [0, 0.05) is 6.42 Å². The van der Waals surface area contributed by atoms with E-state index >= 15 is 0 Å². The van der Waals surface area contributed by atoms with Crippen molar-refractivity contribution in [1.29, 1.82) is 0 Å². The number of hydrogen-bond acceptors (Lipinski definition) is 2. The number of aldehydes is 2. The van der Waals surface area contributed by atoms with Gasteiger partial charge < -0.3 is 4.79 Å². The van der Waals surface area contributed by atoms with E-state index in [1.165, 1.54) is 0 Å². The minimum absolute atomic E-state index is 0.429. The summed E-state index contributed by atoms with van der Waals surface area (Å²) in [6, 6.07) is 0. The van der Waals surface area contributed by atoms with E-state index in [0.717, 1.165) is 31.0 Å². The maximum atomic E-state index is 10.2. The Morgan fingerprint density at radius 1 is 1.42 bits per heavy atom. The van der Waals surface area contributed by atoms with Gasteiger partial charge in [0.05, 0.1) is 0 Å². The summed E-state index contributed by atoms with van der Waals surface area (Å²) in [5.41, 5.74) is 0.772. The van der Waals surface area contributed by atoms with Crippen molar-refractivity contribution in [1.82, 2.24) is 0 Å². The lowest BCUT2D eigenvalue weighted by Crippen LogP contribution is -1.94. The number of carbonyl (C=O) groups is 2. The van der Waals surface area contributed by atoms with Crippen molar-refractivity contribution in [3.8, 4) is 0 Å². The van der Waals surface area contributed by atoms with Gasteiger partial charge in [-0.15, -0.1) is 0 Å². The molecular weight excluding hydrogens is 152 g/mol. The van der Waals surface area contributed by atoms with Gasteiger partial charge in [0.15, 0.2) is 0 Å². The monoisotopic (exact) mass is 168 g/mol. The number of carbonyl (C=O) groups excluding carboxylic acids is 2. The Kier molecular flexibility index (Phi) is 6.25. The van der Waals surface area contributed by atoms with E-state index in [1.807, 2.05) is 13.0 Å². The molecule has 2 nitrogen and oxygen atoms in total. The van der Waals surface area contributed by atoms with Gasteiger partial charge in [-0.05, 0) is 31.3 Å². The number of allylic oxidation sites excluding steroid dienone is 2. The molecule has 1 atom stereocenters. The predicted octanol–water partition coefficient (Wildman–Crippen LogP) is 2.14. The Morgan fingerprint density at radius 3 is 2.58 bits per heavy atom. The molecule has 0 aliphatic carbocycles. The molecule has 0 aromatic carbocycles. The average Bonchev–Trinajstić information content (AvgIpc) is 2.04. The highest BCUT2D eigenvalue weighted by atomic mass is 16.1. The van der Waals surface area contributed by atoms with E-state index in [0.29, 0.717) is 12.3 Å². The van der Waals surface area contributed by atoms with Crippen LogP contribution >= 0.6 is 0 Å². The van der Waals surface area contributed by atoms with Crippen molar-refractivity contribution in [2.75, 3.05) is 0 Å². The molecule has 0 heterocycles. The summed E-state index contributed by atoms with van der Waals surface area (Å²) in [6.07, 6.45) is 6.19. The van der Waals surface area contributed by atoms with Gasteiger partial charge >= 0.3 is 0 Å². The fourth-order valence-corrected chi connectivity index (χ4v) is 0.926. The van der Waals surface area contributed by atoms with Crippen LogP contribution in [0.5, 0.6) is 0 Å². The highest BCUT2D eigenvalue weighted by Crippen LogP contribution is 2.09. The first-order chi connectivity index (χ1) is 5.70. The van der Waals surface area contributed by atoms with Crippen molar-refractivity contribution in [2.24, 2.45) is 5.92 Å². The van der Waals surface area contributed by atoms with Gasteiger partial charge in [-0.25, -0.2) is 0 Å². The molecule has 0 aromatic heterocycles. The number of rotatable bonds is 6. The summed E-state index contributed by atoms with van der Waals surface area (Å²) in [6.45, 7) is 3.83. The summed E-state index contributed by atoms with van der Waals surface area (Å²) in [4.78, 5) is 20.3. The van der Waals surface area contributed by atoms with Crippen LogP contribution < -0.4 is 0 Å². The lowest BCUT2D eigenvalue weighted by molar-refractivity contribution is -0.108. The molecule has 0 spiro atoms. The molecule has 0 aromatic rings. The van der Waals surface area contributed by atoms with Gasteiger partial charge in [-0.2, -0.15) is 0 Å². The molecule has 12 heavy (non-hydrogen) atoms. The van der Waals surface area contributed by atoms with E-state index in [-0.39, 0.29) is 0 Å². The number of hydrogen-bond donors (Lipinski definition) is 0. The molecule has 0 amide bonds. The van der Waals surface area contributed by atoms with Crippen LogP contribution in [0, 0.1) is 5.92 Å². The van der Waals surface area contributed by atoms with Crippen LogP contribution in [-0.2, 0) is 9.59 Å². The molecule has 0 bridgehead atoms. The highest BCUT2D eigenvalue weighted by Gasteiger charge is 1.98. The second kappa shape index (κ2) is 6.77. The van der Waals surface area contributed by atoms with Crippen LogP contribution in [0.4, 0.5) is 0 Å². The Morgan fingerprint density at radius 2 is 2.08 bits per heavy atom. The Hall–Kier alpha value is -0.920. The molecular formula is C10H16O2. The third kappa shape index (κ3) is 5.83. The minimum Gasteiger partial charge on any atom is -0.303 e. The second-order valence-corrected chi connectivity index (χ2v) is 3.15. The first-order valence-electron chi connectivity index (χ1n) is 4.26. The average molecular weight is 168 g/mol. The Balaban J connectivity index is 3.54. The van der Waals surface area contributed by atoms with Crippen molar-refractivity contribution in [3.63, 3.8) is 0 Å². The Labute approximate surface area is 73.7 Å². The molecule has 0 aliphatic rings. The lowest BCUT2D eigenvalue weighted by atomic mass is 10.0. The summed E-state index contributed by atoms with van der Waals surface area (Å²) in [7, 11) is 0. The van der Waals surface area contributed by atoms with Crippen LogP contribution in [0.2, 0.25) is 0 Å². The SMILES string of the molecule is C/C(C=O)=C\CC[C@@H](C)CC=O. The molecule has 0 aliphatic heterocycles. The molecule has 2 heteroatoms. The van der Waals surface area contributed by atoms with E-state index in [1.54, 1.807) is 6.92 Å². The van der Waals surface area contributed by atoms with E-state index in [4.69, 9.17) is 0 Å². The standard InChI is InChI=1S/C10H16O2/c1-9(6-7-11)4-3-5-10(2)8-12/h5,7-9H,3-4,6H2,1-2H3/b10-5+/t9-/m1/s1. The van der Waals surface area contributed by atoms with Gasteiger partial charge in [-0.3, -0.25) is 4.79 Å². The molecule has 68 valence electrons. The molecule has 0 rings (SSSR count). The van der Waals surface area contributed by atoms with Gasteiger partial charge in [0.2, 0.25) is 0 Å². The fourth-order valence-electron chi connectivity index (χ4n) is 0.926. The summed E-state index contributed by atoms with van der Waals surface area (Å²) < 4.78 is 0. The molecule has 0 fully saturated rings. The van der Waals surface area contributed by atoms with Crippen LogP contribution in [0.3, 0.4) is 0 Å². The van der Waals surface area contributed by atoms with Crippen LogP contribution in [0.25, 0.3) is 0 Å². The quantitative estimate of drug-likeness (QED) is 0.450. The van der Waals surface area contributed by atoms with Gasteiger partial charge in [0.25, 0.3) is 0 Å². The first kappa shape index (κ1) is 11.1. The third-order valence-corrected chi connectivity index (χ3v) is 1.81. The fraction of sp³-hybridized carbons (Fsp3) is 0.600. The van der Waals surface area contributed by atoms with Crippen molar-refractivity contribution in [3.05, 3.63) is 11.6 Å². The predicted molar refractivity (Wildman–Crippen MR) is 48.9 cm³/mol. The zero-order chi connectivity index (χ0) is 9.40. The normalized spacial score (nSPS) is 14.0. The van der Waals surface area contributed by atoms with E-state index in [2.05, 4.69) is 0 Å². The Bertz CT molecular complexity index is 171. The first-order valence-corrected chi connectivity index (χ1v) is 4.26. The topological polar surface area (TPSA) is 34.1 Å². The highest BCUT2D eigenvalue weighted by molar-refractivity contribution is 5.71. The largest absolute Gasteiger partial charge is 0.303 e. The van der Waals surface area contributed by atoms with Crippen molar-refractivity contribution >= 4 is 12.6 Å². The van der Waals surface area contributed by atoms with Crippen LogP contribution in [0.1, 0.15) is 33.1 Å². The minimum atomic E-state index is 0.429.